The van der Waals surface area contributed by atoms with Crippen molar-refractivity contribution in [2.24, 2.45) is 5.73 Å². The van der Waals surface area contributed by atoms with Crippen molar-refractivity contribution >= 4 is 35.4 Å². The molecule has 0 saturated carbocycles. The van der Waals surface area contributed by atoms with E-state index in [1.165, 1.54) is 4.90 Å². The summed E-state index contributed by atoms with van der Waals surface area (Å²) in [6.07, 6.45) is -0.733. The molecule has 0 bridgehead atoms. The van der Waals surface area contributed by atoms with Crippen LogP contribution < -0.4 is 20.7 Å². The molecule has 262 valence electrons. The third-order valence-electron chi connectivity index (χ3n) is 7.29. The lowest BCUT2D eigenvalue weighted by molar-refractivity contribution is -0.192. The molecule has 6 N–H and O–H groups in total. The van der Waals surface area contributed by atoms with Gasteiger partial charge in [0.2, 0.25) is 5.91 Å². The number of nitrogens with one attached hydrogen (secondary N) is 2. The predicted octanol–water partition coefficient (Wildman–Crippen LogP) is 5.16. The maximum atomic E-state index is 13.6. The van der Waals surface area contributed by atoms with Crippen LogP contribution in [-0.4, -0.2) is 70.6 Å². The number of hydrogen-bond donors (Lipinski definition) is 5. The lowest BCUT2D eigenvalue weighted by Crippen LogP contribution is -2.40. The molecule has 4 rings (SSSR count). The molecule has 0 unspecified atom stereocenters. The van der Waals surface area contributed by atoms with E-state index in [2.05, 4.69) is 5.32 Å². The van der Waals surface area contributed by atoms with Crippen molar-refractivity contribution in [1.29, 1.82) is 5.41 Å². The third kappa shape index (κ3) is 12.5. The van der Waals surface area contributed by atoms with E-state index in [1.54, 1.807) is 4.90 Å². The summed E-state index contributed by atoms with van der Waals surface area (Å²) in [4.78, 5) is 50.1. The van der Waals surface area contributed by atoms with E-state index in [4.69, 9.17) is 25.8 Å². The molecule has 0 fully saturated rings. The van der Waals surface area contributed by atoms with E-state index in [0.29, 0.717) is 23.5 Å². The molecule has 1 heterocycles. The molecule has 12 nitrogen and oxygen atoms in total. The molecular weight excluding hydrogens is 647 g/mol. The van der Waals surface area contributed by atoms with Gasteiger partial charge in [-0.05, 0) is 66.8 Å². The molecule has 0 spiro atoms. The highest BCUT2D eigenvalue weighted by Crippen LogP contribution is 2.30. The lowest BCUT2D eigenvalue weighted by atomic mass is 10.0. The van der Waals surface area contributed by atoms with Crippen LogP contribution in [0.3, 0.4) is 0 Å². The zero-order valence-corrected chi connectivity index (χ0v) is 26.5. The number of rotatable bonds is 14. The van der Waals surface area contributed by atoms with Gasteiger partial charge in [-0.1, -0.05) is 49.2 Å². The number of alkyl halides is 3. The smallest absolute Gasteiger partial charge is 0.481 e. The minimum absolute atomic E-state index is 0.0244. The second kappa shape index (κ2) is 18.1. The topological polar surface area (TPSA) is 186 Å². The van der Waals surface area contributed by atoms with Crippen molar-refractivity contribution in [2.75, 3.05) is 24.5 Å². The van der Waals surface area contributed by atoms with Gasteiger partial charge in [-0.25, -0.2) is 4.79 Å². The molecule has 15 heteroatoms. The van der Waals surface area contributed by atoms with Gasteiger partial charge >= 0.3 is 18.1 Å². The number of amides is 2. The number of carbonyl (C=O) groups excluding carboxylic acids is 2. The number of guanidine groups is 1. The fourth-order valence-electron chi connectivity index (χ4n) is 4.86. The minimum Gasteiger partial charge on any atom is -0.481 e. The van der Waals surface area contributed by atoms with E-state index in [9.17, 15) is 32.7 Å². The Morgan fingerprint density at radius 1 is 0.898 bits per heavy atom. The van der Waals surface area contributed by atoms with Crippen molar-refractivity contribution in [2.45, 2.75) is 51.2 Å². The lowest BCUT2D eigenvalue weighted by Gasteiger charge is -2.23. The zero-order chi connectivity index (χ0) is 36.0. The fourth-order valence-corrected chi connectivity index (χ4v) is 4.86. The number of carbonyl (C=O) groups is 4. The largest absolute Gasteiger partial charge is 0.490 e. The summed E-state index contributed by atoms with van der Waals surface area (Å²) in [5, 5.41) is 26.3. The number of aliphatic carboxylic acids is 2. The number of unbranched alkanes of at least 4 members (excludes halogenated alkanes) is 3. The Balaban J connectivity index is 0.000000838. The van der Waals surface area contributed by atoms with Gasteiger partial charge in [0, 0.05) is 13.1 Å². The molecule has 1 aliphatic rings. The number of nitrogens with zero attached hydrogens (tertiary/aromatic N) is 2. The quantitative estimate of drug-likeness (QED) is 0.0868. The van der Waals surface area contributed by atoms with Crippen molar-refractivity contribution in [3.63, 3.8) is 0 Å². The van der Waals surface area contributed by atoms with Gasteiger partial charge in [-0.3, -0.25) is 19.8 Å². The van der Waals surface area contributed by atoms with Gasteiger partial charge < -0.3 is 35.8 Å². The Hall–Kier alpha value is -5.60. The average Bonchev–Trinajstić information content (AvgIpc) is 3.14. The van der Waals surface area contributed by atoms with E-state index in [-0.39, 0.29) is 43.8 Å². The van der Waals surface area contributed by atoms with Gasteiger partial charge in [0.25, 0.3) is 5.91 Å². The summed E-state index contributed by atoms with van der Waals surface area (Å²) in [5.41, 5.74) is 8.08. The van der Waals surface area contributed by atoms with Gasteiger partial charge in [0.15, 0.2) is 5.96 Å². The Labute approximate surface area is 280 Å². The van der Waals surface area contributed by atoms with Crippen LogP contribution in [-0.2, 0) is 27.3 Å². The van der Waals surface area contributed by atoms with Crippen LogP contribution in [0.15, 0.2) is 72.8 Å². The van der Waals surface area contributed by atoms with Gasteiger partial charge in [-0.15, -0.1) is 0 Å². The molecule has 0 aliphatic carbocycles. The molecule has 0 aromatic heterocycles. The Kier molecular flexibility index (Phi) is 14.0. The van der Waals surface area contributed by atoms with Crippen LogP contribution in [0, 0.1) is 5.41 Å². The molecular formula is C34H38F3N5O7. The summed E-state index contributed by atoms with van der Waals surface area (Å²) in [6.45, 7) is 0.684. The number of hydrogen-bond acceptors (Lipinski definition) is 6. The fraction of sp³-hybridized carbons (Fsp3) is 0.324. The highest BCUT2D eigenvalue weighted by atomic mass is 19.4. The number of aryl methyl sites for hydroxylation is 1. The number of fused-ring (bicyclic) bond motifs is 1. The molecule has 49 heavy (non-hydrogen) atoms. The molecule has 0 radical (unpaired) electrons. The SMILES string of the molecule is N=C(N)NCCCCCCc1ccc2c(c1)C(=O)N(CCC(=O)O)CC(=O)N2Cc1ccc(Oc2ccccc2)cc1.O=C(O)C(F)(F)F. The maximum Gasteiger partial charge on any atom is 0.490 e. The third-order valence-corrected chi connectivity index (χ3v) is 7.29. The van der Waals surface area contributed by atoms with Gasteiger partial charge in [0.05, 0.1) is 24.2 Å². The number of carboxylic acids is 2. The summed E-state index contributed by atoms with van der Waals surface area (Å²) in [6, 6.07) is 22.5. The monoisotopic (exact) mass is 685 g/mol. The molecule has 0 atom stereocenters. The van der Waals surface area contributed by atoms with Crippen molar-refractivity contribution in [3.05, 3.63) is 89.5 Å². The van der Waals surface area contributed by atoms with E-state index in [1.807, 2.05) is 72.8 Å². The average molecular weight is 686 g/mol. The van der Waals surface area contributed by atoms with Crippen LogP contribution in [0.4, 0.5) is 18.9 Å². The normalized spacial score (nSPS) is 12.7. The Morgan fingerprint density at radius 3 is 2.12 bits per heavy atom. The Morgan fingerprint density at radius 2 is 1.51 bits per heavy atom. The molecule has 3 aromatic rings. The number of halogens is 3. The zero-order valence-electron chi connectivity index (χ0n) is 26.5. The first kappa shape index (κ1) is 37.9. The number of nitrogens with two attached hydrogens (primary N) is 1. The van der Waals surface area contributed by atoms with Crippen LogP contribution in [0.5, 0.6) is 11.5 Å². The predicted molar refractivity (Wildman–Crippen MR) is 175 cm³/mol. The van der Waals surface area contributed by atoms with E-state index in [0.717, 1.165) is 49.0 Å². The molecule has 0 saturated heterocycles. The first-order chi connectivity index (χ1) is 23.2. The first-order valence-electron chi connectivity index (χ1n) is 15.4. The highest BCUT2D eigenvalue weighted by Gasteiger charge is 2.38. The summed E-state index contributed by atoms with van der Waals surface area (Å²) in [7, 11) is 0. The number of para-hydroxylation sites is 1. The highest BCUT2D eigenvalue weighted by molar-refractivity contribution is 6.09. The second-order valence-corrected chi connectivity index (χ2v) is 11.1. The number of anilines is 1. The standard InChI is InChI=1S/C32H37N5O5.C2HF3O2/c33-32(34)35-18-7-2-1-4-8-23-13-16-28-27(20-23)31(41)36(19-17-30(39)40)22-29(38)37(28)21-24-11-14-26(15-12-24)42-25-9-5-3-6-10-25;3-2(4,5)1(6)7/h3,5-6,9-16,20H,1-2,4,7-8,17-19,21-22H2,(H,39,40)(H4,33,34,35);(H,6,7). The van der Waals surface area contributed by atoms with Crippen LogP contribution in [0.2, 0.25) is 0 Å². The molecule has 2 amide bonds. The first-order valence-corrected chi connectivity index (χ1v) is 15.4. The number of ether oxygens (including phenoxy) is 1. The number of benzene rings is 3. The van der Waals surface area contributed by atoms with E-state index < -0.39 is 18.1 Å². The van der Waals surface area contributed by atoms with Gasteiger partial charge in [-0.2, -0.15) is 13.2 Å². The summed E-state index contributed by atoms with van der Waals surface area (Å²) < 4.78 is 37.6. The van der Waals surface area contributed by atoms with Crippen molar-refractivity contribution in [1.82, 2.24) is 10.2 Å². The van der Waals surface area contributed by atoms with Crippen molar-refractivity contribution < 1.29 is 47.3 Å². The van der Waals surface area contributed by atoms with Crippen molar-refractivity contribution in [3.8, 4) is 11.5 Å². The summed E-state index contributed by atoms with van der Waals surface area (Å²) in [5.74, 6) is -3.03. The van der Waals surface area contributed by atoms with Crippen LogP contribution in [0.25, 0.3) is 0 Å². The number of carboxylic acid groups (broad SMARTS) is 2. The van der Waals surface area contributed by atoms with Crippen LogP contribution in [0.1, 0.15) is 53.6 Å². The van der Waals surface area contributed by atoms with Crippen LogP contribution >= 0.6 is 0 Å². The van der Waals surface area contributed by atoms with E-state index >= 15 is 0 Å². The molecule has 3 aromatic carbocycles. The molecule has 1 aliphatic heterocycles. The minimum atomic E-state index is -5.08. The second-order valence-electron chi connectivity index (χ2n) is 11.1. The summed E-state index contributed by atoms with van der Waals surface area (Å²) >= 11 is 0. The maximum absolute atomic E-state index is 13.6. The Bertz CT molecular complexity index is 1600. The van der Waals surface area contributed by atoms with Gasteiger partial charge in [0.1, 0.15) is 18.0 Å².